The van der Waals surface area contributed by atoms with Crippen molar-refractivity contribution in [3.05, 3.63) is 109 Å². The Kier molecular flexibility index (Phi) is 43.0. The molecule has 6 N–H and O–H groups in total. The van der Waals surface area contributed by atoms with E-state index in [-0.39, 0.29) is 12.5 Å². The van der Waals surface area contributed by atoms with Gasteiger partial charge in [0, 0.05) is 6.42 Å². The molecule has 1 rings (SSSR count). The molecule has 9 nitrogen and oxygen atoms in total. The number of aliphatic hydroxyl groups is 5. The highest BCUT2D eigenvalue weighted by Crippen LogP contribution is 2.22. The van der Waals surface area contributed by atoms with Gasteiger partial charge in [0.25, 0.3) is 0 Å². The number of carbonyl (C=O) groups is 1. The molecule has 67 heavy (non-hydrogen) atoms. The van der Waals surface area contributed by atoms with Crippen molar-refractivity contribution < 1.29 is 39.8 Å². The van der Waals surface area contributed by atoms with Crippen molar-refractivity contribution in [2.45, 2.75) is 236 Å². The van der Waals surface area contributed by atoms with Crippen LogP contribution in [0.1, 0.15) is 194 Å². The number of amides is 1. The van der Waals surface area contributed by atoms with E-state index in [1.807, 2.05) is 13.0 Å². The average Bonchev–Trinajstić information content (AvgIpc) is 3.33. The van der Waals surface area contributed by atoms with E-state index in [4.69, 9.17) is 9.47 Å². The average molecular weight is 936 g/mol. The third kappa shape index (κ3) is 36.5. The van der Waals surface area contributed by atoms with Gasteiger partial charge in [-0.25, -0.2) is 0 Å². The van der Waals surface area contributed by atoms with Crippen LogP contribution in [-0.2, 0) is 14.3 Å². The smallest absolute Gasteiger partial charge is 0.220 e. The highest BCUT2D eigenvalue weighted by molar-refractivity contribution is 5.76. The number of carbonyl (C=O) groups excluding carboxylic acids is 1. The minimum absolute atomic E-state index is 0.193. The fourth-order valence-electron chi connectivity index (χ4n) is 7.65. The predicted molar refractivity (Wildman–Crippen MR) is 281 cm³/mol. The molecule has 0 aliphatic carbocycles. The molecule has 1 fully saturated rings. The maximum absolute atomic E-state index is 12.8. The molecule has 0 spiro atoms. The minimum Gasteiger partial charge on any atom is -0.394 e. The third-order valence-corrected chi connectivity index (χ3v) is 11.8. The van der Waals surface area contributed by atoms with E-state index >= 15 is 0 Å². The number of nitrogens with one attached hydrogen (secondary N) is 1. The van der Waals surface area contributed by atoms with Crippen molar-refractivity contribution in [2.24, 2.45) is 0 Å². The fourth-order valence-corrected chi connectivity index (χ4v) is 7.65. The standard InChI is InChI=1S/C58H97NO8/c1-3-5-7-8-9-10-11-12-13-14-15-16-17-18-19-20-21-22-23-24-25-26-27-28-29-30-31-32-33-34-35-36-37-38-39-40-41-42-43-44-46-48-54(62)59-51(52(61)47-45-6-4-2)50-66-58-57(65)56(64)55(63)53(49-60)67-58/h5,7,9-10,12-13,15-16,18-19,21-22,24-25,27-28,45,47,51-53,55-58,60-61,63-65H,3-4,6,8,11,14,17,20,23,26,29-44,46,48-50H2,1-2H3,(H,59,62)/b7-5-,10-9-,13-12-,16-15-,19-18-,22-21-,25-24-,28-27-,47-45+. The van der Waals surface area contributed by atoms with E-state index in [1.54, 1.807) is 6.08 Å². The summed E-state index contributed by atoms with van der Waals surface area (Å²) >= 11 is 0. The minimum atomic E-state index is -1.57. The van der Waals surface area contributed by atoms with Crippen molar-refractivity contribution >= 4 is 5.91 Å². The lowest BCUT2D eigenvalue weighted by atomic mass is 9.99. The van der Waals surface area contributed by atoms with Crippen LogP contribution < -0.4 is 5.32 Å². The van der Waals surface area contributed by atoms with Gasteiger partial charge in [-0.2, -0.15) is 0 Å². The van der Waals surface area contributed by atoms with E-state index in [1.165, 1.54) is 89.9 Å². The van der Waals surface area contributed by atoms with Crippen LogP contribution in [0.5, 0.6) is 0 Å². The highest BCUT2D eigenvalue weighted by Gasteiger charge is 2.44. The molecule has 0 aromatic carbocycles. The quantitative estimate of drug-likeness (QED) is 0.0261. The lowest BCUT2D eigenvalue weighted by Gasteiger charge is -2.40. The normalized spacial score (nSPS) is 20.6. The van der Waals surface area contributed by atoms with Crippen LogP contribution in [0.25, 0.3) is 0 Å². The molecule has 382 valence electrons. The van der Waals surface area contributed by atoms with Gasteiger partial charge in [-0.15, -0.1) is 0 Å². The summed E-state index contributed by atoms with van der Waals surface area (Å²) in [6.07, 6.45) is 62.7. The van der Waals surface area contributed by atoms with Crippen LogP contribution >= 0.6 is 0 Å². The largest absolute Gasteiger partial charge is 0.394 e. The first kappa shape index (κ1) is 61.9. The maximum atomic E-state index is 12.8. The Morgan fingerprint density at radius 1 is 0.522 bits per heavy atom. The van der Waals surface area contributed by atoms with Crippen LogP contribution in [0, 0.1) is 0 Å². The molecule has 0 radical (unpaired) electrons. The van der Waals surface area contributed by atoms with Crippen LogP contribution in [0.3, 0.4) is 0 Å². The van der Waals surface area contributed by atoms with Gasteiger partial charge in [0.2, 0.25) is 5.91 Å². The van der Waals surface area contributed by atoms with E-state index in [2.05, 4.69) is 109 Å². The Morgan fingerprint density at radius 3 is 1.34 bits per heavy atom. The summed E-state index contributed by atoms with van der Waals surface area (Å²) in [6, 6.07) is -0.804. The molecule has 0 bridgehead atoms. The van der Waals surface area contributed by atoms with E-state index in [9.17, 15) is 30.3 Å². The molecule has 0 aromatic heterocycles. The molecular formula is C58H97NO8. The summed E-state index contributed by atoms with van der Waals surface area (Å²) in [6.45, 7) is 3.43. The Bertz CT molecular complexity index is 1410. The second-order valence-electron chi connectivity index (χ2n) is 17.9. The zero-order valence-electron chi connectivity index (χ0n) is 42.1. The van der Waals surface area contributed by atoms with Gasteiger partial charge >= 0.3 is 0 Å². The summed E-state index contributed by atoms with van der Waals surface area (Å²) in [5.74, 6) is -0.193. The lowest BCUT2D eigenvalue weighted by Crippen LogP contribution is -2.60. The van der Waals surface area contributed by atoms with Gasteiger partial charge in [0.05, 0.1) is 25.4 Å². The van der Waals surface area contributed by atoms with E-state index in [0.29, 0.717) is 6.42 Å². The predicted octanol–water partition coefficient (Wildman–Crippen LogP) is 12.6. The topological polar surface area (TPSA) is 149 Å². The molecule has 0 saturated carbocycles. The number of unbranched alkanes of at least 4 members (excludes halogenated alkanes) is 17. The van der Waals surface area contributed by atoms with Crippen molar-refractivity contribution in [3.8, 4) is 0 Å². The van der Waals surface area contributed by atoms with Gasteiger partial charge in [-0.3, -0.25) is 4.79 Å². The Morgan fingerprint density at radius 2 is 0.925 bits per heavy atom. The SMILES string of the molecule is CC/C=C\C/C=C\C/C=C\C/C=C\C/C=C\C/C=C\C/C=C\C/C=C\CCCCCCCCCCCCCCCCCCC(=O)NC(COC1OC(CO)C(O)C(O)C1O)C(O)/C=C/CCC. The van der Waals surface area contributed by atoms with Gasteiger partial charge in [0.1, 0.15) is 24.4 Å². The maximum Gasteiger partial charge on any atom is 0.220 e. The Hall–Kier alpha value is -3.15. The fraction of sp³-hybridized carbons (Fsp3) is 0.672. The first-order valence-corrected chi connectivity index (χ1v) is 26.6. The number of hydrogen-bond donors (Lipinski definition) is 6. The zero-order valence-corrected chi connectivity index (χ0v) is 42.1. The summed E-state index contributed by atoms with van der Waals surface area (Å²) in [7, 11) is 0. The molecule has 1 heterocycles. The van der Waals surface area contributed by atoms with Crippen LogP contribution in [-0.4, -0.2) is 87.5 Å². The van der Waals surface area contributed by atoms with Crippen molar-refractivity contribution in [1.29, 1.82) is 0 Å². The zero-order chi connectivity index (χ0) is 48.7. The second kappa shape index (κ2) is 46.6. The highest BCUT2D eigenvalue weighted by atomic mass is 16.7. The lowest BCUT2D eigenvalue weighted by molar-refractivity contribution is -0.302. The first-order valence-electron chi connectivity index (χ1n) is 26.6. The summed E-state index contributed by atoms with van der Waals surface area (Å²) in [5.41, 5.74) is 0. The molecule has 1 aliphatic rings. The molecule has 1 aliphatic heterocycles. The molecule has 9 heteroatoms. The van der Waals surface area contributed by atoms with E-state index < -0.39 is 49.5 Å². The van der Waals surface area contributed by atoms with Crippen molar-refractivity contribution in [3.63, 3.8) is 0 Å². The Balaban J connectivity index is 1.96. The number of aliphatic hydroxyl groups excluding tert-OH is 5. The first-order chi connectivity index (χ1) is 32.8. The van der Waals surface area contributed by atoms with E-state index in [0.717, 1.165) is 83.5 Å². The van der Waals surface area contributed by atoms with Gasteiger partial charge < -0.3 is 40.3 Å². The van der Waals surface area contributed by atoms with Gasteiger partial charge in [0.15, 0.2) is 6.29 Å². The van der Waals surface area contributed by atoms with Crippen molar-refractivity contribution in [1.82, 2.24) is 5.32 Å². The molecule has 0 aromatic rings. The third-order valence-electron chi connectivity index (χ3n) is 11.8. The van der Waals surface area contributed by atoms with Crippen LogP contribution in [0.15, 0.2) is 109 Å². The number of rotatable bonds is 43. The number of allylic oxidation sites excluding steroid dienone is 17. The van der Waals surface area contributed by atoms with Gasteiger partial charge in [-0.1, -0.05) is 220 Å². The number of ether oxygens (including phenoxy) is 2. The monoisotopic (exact) mass is 936 g/mol. The summed E-state index contributed by atoms with van der Waals surface area (Å²) < 4.78 is 11.1. The molecule has 7 unspecified atom stereocenters. The molecule has 1 amide bonds. The molecule has 1 saturated heterocycles. The summed E-state index contributed by atoms with van der Waals surface area (Å²) in [5, 5.41) is 53.5. The van der Waals surface area contributed by atoms with Crippen LogP contribution in [0.2, 0.25) is 0 Å². The number of hydrogen-bond acceptors (Lipinski definition) is 8. The van der Waals surface area contributed by atoms with Crippen LogP contribution in [0.4, 0.5) is 0 Å². The molecule has 7 atom stereocenters. The van der Waals surface area contributed by atoms with Crippen molar-refractivity contribution in [2.75, 3.05) is 13.2 Å². The second-order valence-corrected chi connectivity index (χ2v) is 17.9. The molecular weight excluding hydrogens is 839 g/mol. The summed E-state index contributed by atoms with van der Waals surface area (Å²) in [4.78, 5) is 12.8. The van der Waals surface area contributed by atoms with Gasteiger partial charge in [-0.05, 0) is 77.0 Å². The Labute approximate surface area is 408 Å².